The first-order chi connectivity index (χ1) is 17.7. The Hall–Kier alpha value is -3.67. The van der Waals surface area contributed by atoms with E-state index >= 15 is 0 Å². The van der Waals surface area contributed by atoms with E-state index < -0.39 is 5.54 Å². The predicted molar refractivity (Wildman–Crippen MR) is 143 cm³/mol. The summed E-state index contributed by atoms with van der Waals surface area (Å²) in [5.74, 6) is 0.443. The van der Waals surface area contributed by atoms with E-state index in [1.54, 1.807) is 6.07 Å². The summed E-state index contributed by atoms with van der Waals surface area (Å²) in [5, 5.41) is 16.3. The lowest BCUT2D eigenvalue weighted by atomic mass is 9.77. The molecule has 182 valence electrons. The van der Waals surface area contributed by atoms with E-state index in [0.717, 1.165) is 35.0 Å². The number of aromatic nitrogens is 3. The van der Waals surface area contributed by atoms with Crippen molar-refractivity contribution in [3.63, 3.8) is 0 Å². The van der Waals surface area contributed by atoms with Gasteiger partial charge in [0.15, 0.2) is 0 Å². The number of hydrogen-bond donors (Lipinski definition) is 1. The first-order valence-electron chi connectivity index (χ1n) is 12.2. The van der Waals surface area contributed by atoms with Crippen LogP contribution < -0.4 is 4.74 Å². The minimum absolute atomic E-state index is 0.276. The van der Waals surface area contributed by atoms with Crippen LogP contribution in [0.5, 0.6) is 5.88 Å². The fourth-order valence-corrected chi connectivity index (χ4v) is 5.04. The Morgan fingerprint density at radius 3 is 1.86 bits per heavy atom. The van der Waals surface area contributed by atoms with Gasteiger partial charge in [0.05, 0.1) is 29.8 Å². The number of aliphatic hydroxyl groups excluding tert-OH is 1. The molecule has 0 fully saturated rings. The van der Waals surface area contributed by atoms with Crippen molar-refractivity contribution < 1.29 is 9.84 Å². The Bertz CT molecular complexity index is 1340. The molecule has 0 aliphatic carbocycles. The number of aliphatic hydroxyl groups is 1. The molecule has 0 spiro atoms. The van der Waals surface area contributed by atoms with Crippen LogP contribution in [0.1, 0.15) is 42.1 Å². The normalized spacial score (nSPS) is 11.6. The highest BCUT2D eigenvalue weighted by Crippen LogP contribution is 2.44. The second-order valence-electron chi connectivity index (χ2n) is 8.67. The predicted octanol–water partition coefficient (Wildman–Crippen LogP) is 6.60. The Labute approximate surface area is 216 Å². The van der Waals surface area contributed by atoms with Gasteiger partial charge in [-0.2, -0.15) is 0 Å². The summed E-state index contributed by atoms with van der Waals surface area (Å²) < 4.78 is 8.18. The Morgan fingerprint density at radius 1 is 0.861 bits per heavy atom. The van der Waals surface area contributed by atoms with Crippen LogP contribution >= 0.6 is 11.6 Å². The van der Waals surface area contributed by atoms with E-state index in [0.29, 0.717) is 23.6 Å². The lowest BCUT2D eigenvalue weighted by Crippen LogP contribution is -2.38. The summed E-state index contributed by atoms with van der Waals surface area (Å²) in [5.41, 5.74) is 3.44. The van der Waals surface area contributed by atoms with Gasteiger partial charge in [-0.1, -0.05) is 116 Å². The molecule has 0 bridgehead atoms. The van der Waals surface area contributed by atoms with Gasteiger partial charge in [0.25, 0.3) is 0 Å². The van der Waals surface area contributed by atoms with E-state index in [4.69, 9.17) is 21.4 Å². The molecule has 3 aromatic carbocycles. The lowest BCUT2D eigenvalue weighted by molar-refractivity contribution is 0.275. The molecular weight excluding hydrogens is 470 g/mol. The maximum Gasteiger partial charge on any atom is 0.242 e. The Balaban J connectivity index is 1.93. The number of fused-ring (bicyclic) bond motifs is 1. The summed E-state index contributed by atoms with van der Waals surface area (Å²) in [6.45, 7) is 2.36. The third-order valence-electron chi connectivity index (χ3n) is 6.45. The topological polar surface area (TPSA) is 60.2 Å². The maximum absolute atomic E-state index is 10.2. The summed E-state index contributed by atoms with van der Waals surface area (Å²) in [6.07, 6.45) is 1.89. The molecule has 5 rings (SSSR count). The molecule has 0 radical (unpaired) electrons. The van der Waals surface area contributed by atoms with Crippen molar-refractivity contribution in [2.24, 2.45) is 0 Å². The van der Waals surface area contributed by atoms with Gasteiger partial charge < -0.3 is 9.84 Å². The summed E-state index contributed by atoms with van der Waals surface area (Å²) in [6, 6.07) is 32.7. The molecule has 5 nitrogen and oxygen atoms in total. The largest absolute Gasteiger partial charge is 0.476 e. The van der Waals surface area contributed by atoms with Crippen molar-refractivity contribution in [3.05, 3.63) is 125 Å². The van der Waals surface area contributed by atoms with Gasteiger partial charge in [-0.3, -0.25) is 0 Å². The second kappa shape index (κ2) is 10.5. The number of unbranched alkanes of at least 4 members (excludes halogenated alkanes) is 1. The summed E-state index contributed by atoms with van der Waals surface area (Å²) in [4.78, 5) is 4.40. The summed E-state index contributed by atoms with van der Waals surface area (Å²) >= 11 is 6.49. The number of rotatable bonds is 9. The smallest absolute Gasteiger partial charge is 0.242 e. The van der Waals surface area contributed by atoms with Crippen LogP contribution in [0.3, 0.4) is 0 Å². The molecule has 0 saturated heterocycles. The Morgan fingerprint density at radius 2 is 1.39 bits per heavy atom. The quantitative estimate of drug-likeness (QED) is 0.142. The number of ether oxygens (including phenoxy) is 1. The number of pyridine rings is 1. The summed E-state index contributed by atoms with van der Waals surface area (Å²) in [7, 11) is 0. The number of hydrogen-bond acceptors (Lipinski definition) is 4. The zero-order valence-electron chi connectivity index (χ0n) is 20.1. The molecule has 2 aromatic heterocycles. The Kier molecular flexibility index (Phi) is 7.03. The second-order valence-corrected chi connectivity index (χ2v) is 9.06. The number of halogens is 1. The van der Waals surface area contributed by atoms with Crippen molar-refractivity contribution >= 4 is 22.5 Å². The molecule has 1 N–H and O–H groups in total. The van der Waals surface area contributed by atoms with E-state index in [-0.39, 0.29) is 11.8 Å². The lowest BCUT2D eigenvalue weighted by Gasteiger charge is -2.36. The fraction of sp³-hybridized carbons (Fsp3) is 0.200. The highest BCUT2D eigenvalue weighted by molar-refractivity contribution is 6.30. The van der Waals surface area contributed by atoms with Crippen LogP contribution in [-0.2, 0) is 12.1 Å². The molecule has 0 aliphatic rings. The molecule has 0 unspecified atom stereocenters. The standard InChI is InChI=1S/C30H28ClN3O2/c1-2-3-19-36-29-28-25(21-35)32-27(31)20-26(28)34(33-29)30(22-13-7-4-8-14-22,23-15-9-5-10-16-23)24-17-11-6-12-18-24/h4-18,20,35H,2-3,19,21H2,1H3. The fourth-order valence-electron chi connectivity index (χ4n) is 4.83. The zero-order chi connectivity index (χ0) is 25.0. The molecule has 5 aromatic rings. The monoisotopic (exact) mass is 497 g/mol. The molecular formula is C30H28ClN3O2. The van der Waals surface area contributed by atoms with Gasteiger partial charge >= 0.3 is 0 Å². The average Bonchev–Trinajstić information content (AvgIpc) is 3.29. The molecule has 0 aliphatic heterocycles. The minimum Gasteiger partial charge on any atom is -0.476 e. The molecule has 0 amide bonds. The van der Waals surface area contributed by atoms with Crippen molar-refractivity contribution in [3.8, 4) is 5.88 Å². The van der Waals surface area contributed by atoms with Gasteiger partial charge in [-0.05, 0) is 23.1 Å². The van der Waals surface area contributed by atoms with Gasteiger partial charge in [-0.25, -0.2) is 9.67 Å². The van der Waals surface area contributed by atoms with E-state index in [1.165, 1.54) is 0 Å². The first-order valence-corrected chi connectivity index (χ1v) is 12.6. The van der Waals surface area contributed by atoms with Gasteiger partial charge in [0, 0.05) is 6.07 Å². The number of nitrogens with zero attached hydrogens (tertiary/aromatic N) is 3. The van der Waals surface area contributed by atoms with Crippen LogP contribution in [0.2, 0.25) is 5.15 Å². The minimum atomic E-state index is -0.841. The van der Waals surface area contributed by atoms with Crippen molar-refractivity contribution in [1.82, 2.24) is 14.8 Å². The van der Waals surface area contributed by atoms with Gasteiger partial charge in [0.2, 0.25) is 5.88 Å². The SMILES string of the molecule is CCCCOc1nn(C(c2ccccc2)(c2ccccc2)c2ccccc2)c2cc(Cl)nc(CO)c12. The zero-order valence-corrected chi connectivity index (χ0v) is 20.9. The van der Waals surface area contributed by atoms with Crippen LogP contribution in [0.25, 0.3) is 10.9 Å². The third kappa shape index (κ3) is 4.15. The molecule has 0 atom stereocenters. The van der Waals surface area contributed by atoms with Crippen LogP contribution in [0.4, 0.5) is 0 Å². The first kappa shape index (κ1) is 24.0. The third-order valence-corrected chi connectivity index (χ3v) is 6.65. The number of benzene rings is 3. The molecule has 6 heteroatoms. The van der Waals surface area contributed by atoms with Crippen molar-refractivity contribution in [2.75, 3.05) is 6.61 Å². The van der Waals surface area contributed by atoms with E-state index in [9.17, 15) is 5.11 Å². The maximum atomic E-state index is 10.2. The highest BCUT2D eigenvalue weighted by atomic mass is 35.5. The van der Waals surface area contributed by atoms with Crippen LogP contribution in [0.15, 0.2) is 97.1 Å². The van der Waals surface area contributed by atoms with E-state index in [1.807, 2.05) is 59.3 Å². The van der Waals surface area contributed by atoms with Gasteiger partial charge in [0.1, 0.15) is 10.7 Å². The molecule has 2 heterocycles. The van der Waals surface area contributed by atoms with Crippen molar-refractivity contribution in [1.29, 1.82) is 0 Å². The molecule has 0 saturated carbocycles. The van der Waals surface area contributed by atoms with E-state index in [2.05, 4.69) is 48.3 Å². The van der Waals surface area contributed by atoms with Crippen LogP contribution in [0, 0.1) is 0 Å². The average molecular weight is 498 g/mol. The molecule has 36 heavy (non-hydrogen) atoms. The highest BCUT2D eigenvalue weighted by Gasteiger charge is 2.41. The van der Waals surface area contributed by atoms with Gasteiger partial charge in [-0.15, -0.1) is 5.10 Å². The van der Waals surface area contributed by atoms with Crippen molar-refractivity contribution in [2.45, 2.75) is 31.9 Å². The van der Waals surface area contributed by atoms with Crippen LogP contribution in [-0.4, -0.2) is 26.5 Å².